The summed E-state index contributed by atoms with van der Waals surface area (Å²) in [4.78, 5) is 20.2. The molecule has 0 aliphatic heterocycles. The lowest BCUT2D eigenvalue weighted by Gasteiger charge is -2.10. The molecule has 0 spiro atoms. The molecule has 146 valence electrons. The van der Waals surface area contributed by atoms with Crippen molar-refractivity contribution in [2.75, 3.05) is 11.9 Å². The first-order chi connectivity index (χ1) is 13.7. The van der Waals surface area contributed by atoms with Crippen LogP contribution in [0.1, 0.15) is 42.5 Å². The molecule has 0 bridgehead atoms. The van der Waals surface area contributed by atoms with Crippen LogP contribution in [0.4, 0.5) is 5.82 Å². The molecule has 0 saturated carbocycles. The molecule has 2 aromatic heterocycles. The molecule has 7 heteroatoms. The number of pyridine rings is 1. The Hall–Kier alpha value is -3.22. The van der Waals surface area contributed by atoms with E-state index >= 15 is 0 Å². The highest BCUT2D eigenvalue weighted by Gasteiger charge is 2.20. The van der Waals surface area contributed by atoms with Crippen LogP contribution in [0, 0.1) is 0 Å². The van der Waals surface area contributed by atoms with Gasteiger partial charge in [0.1, 0.15) is 5.82 Å². The van der Waals surface area contributed by atoms with Crippen molar-refractivity contribution in [3.05, 3.63) is 72.0 Å². The van der Waals surface area contributed by atoms with Crippen LogP contribution in [-0.2, 0) is 17.6 Å². The van der Waals surface area contributed by atoms with Gasteiger partial charge in [-0.1, -0.05) is 41.6 Å². The van der Waals surface area contributed by atoms with E-state index in [2.05, 4.69) is 20.4 Å². The van der Waals surface area contributed by atoms with Crippen molar-refractivity contribution in [2.24, 2.45) is 0 Å². The molecule has 1 unspecified atom stereocenters. The molecular formula is C21H24N4O3. The van der Waals surface area contributed by atoms with E-state index in [1.807, 2.05) is 48.5 Å². The Morgan fingerprint density at radius 2 is 1.89 bits per heavy atom. The molecule has 0 fully saturated rings. The quantitative estimate of drug-likeness (QED) is 0.489. The van der Waals surface area contributed by atoms with Crippen LogP contribution >= 0.6 is 0 Å². The highest BCUT2D eigenvalue weighted by atomic mass is 16.5. The van der Waals surface area contributed by atoms with E-state index in [1.165, 1.54) is 0 Å². The van der Waals surface area contributed by atoms with Crippen molar-refractivity contribution >= 4 is 11.8 Å². The topological polar surface area (TPSA) is 101 Å². The van der Waals surface area contributed by atoms with Gasteiger partial charge in [-0.25, -0.2) is 4.98 Å². The van der Waals surface area contributed by atoms with Crippen LogP contribution in [0.5, 0.6) is 0 Å². The number of carboxylic acids is 1. The molecular weight excluding hydrogens is 356 g/mol. The van der Waals surface area contributed by atoms with Crippen LogP contribution in [-0.4, -0.2) is 32.7 Å². The highest BCUT2D eigenvalue weighted by Crippen LogP contribution is 2.21. The largest absolute Gasteiger partial charge is 0.481 e. The number of aromatic nitrogens is 3. The second-order valence-electron chi connectivity index (χ2n) is 6.54. The first-order valence-corrected chi connectivity index (χ1v) is 9.46. The third kappa shape index (κ3) is 5.90. The minimum atomic E-state index is -0.841. The van der Waals surface area contributed by atoms with E-state index in [1.54, 1.807) is 6.20 Å². The molecule has 0 radical (unpaired) electrons. The smallest absolute Gasteiger partial charge is 0.310 e. The summed E-state index contributed by atoms with van der Waals surface area (Å²) in [6, 6.07) is 15.0. The Labute approximate surface area is 163 Å². The van der Waals surface area contributed by atoms with Gasteiger partial charge in [-0.05, 0) is 37.0 Å². The van der Waals surface area contributed by atoms with E-state index in [9.17, 15) is 9.90 Å². The molecule has 3 aromatic rings. The second-order valence-corrected chi connectivity index (χ2v) is 6.54. The predicted molar refractivity (Wildman–Crippen MR) is 105 cm³/mol. The van der Waals surface area contributed by atoms with E-state index in [4.69, 9.17) is 4.52 Å². The summed E-state index contributed by atoms with van der Waals surface area (Å²) in [5, 5.41) is 16.7. The molecule has 2 N–H and O–H groups in total. The van der Waals surface area contributed by atoms with Crippen molar-refractivity contribution in [2.45, 2.75) is 38.0 Å². The second kappa shape index (κ2) is 10.2. The van der Waals surface area contributed by atoms with Crippen LogP contribution < -0.4 is 5.32 Å². The lowest BCUT2D eigenvalue weighted by Crippen LogP contribution is -2.12. The van der Waals surface area contributed by atoms with Gasteiger partial charge in [-0.2, -0.15) is 4.98 Å². The highest BCUT2D eigenvalue weighted by molar-refractivity contribution is 5.76. The SMILES string of the molecule is O=C(O)C(CCc1nc(CCCCNc2ccccn2)no1)c1ccccc1. The number of aryl methyl sites for hydroxylation is 2. The fourth-order valence-electron chi connectivity index (χ4n) is 2.97. The molecule has 0 saturated heterocycles. The van der Waals surface area contributed by atoms with E-state index in [0.717, 1.165) is 37.2 Å². The third-order valence-electron chi connectivity index (χ3n) is 4.46. The zero-order chi connectivity index (χ0) is 19.6. The molecule has 0 aliphatic carbocycles. The van der Waals surface area contributed by atoms with Gasteiger partial charge >= 0.3 is 5.97 Å². The summed E-state index contributed by atoms with van der Waals surface area (Å²) in [7, 11) is 0. The molecule has 7 nitrogen and oxygen atoms in total. The van der Waals surface area contributed by atoms with Crippen molar-refractivity contribution < 1.29 is 14.4 Å². The summed E-state index contributed by atoms with van der Waals surface area (Å²) in [5.74, 6) is 0.611. The Morgan fingerprint density at radius 3 is 2.64 bits per heavy atom. The van der Waals surface area contributed by atoms with Gasteiger partial charge in [-0.15, -0.1) is 0 Å². The summed E-state index contributed by atoms with van der Waals surface area (Å²) in [6.07, 6.45) is 5.26. The number of nitrogens with zero attached hydrogens (tertiary/aromatic N) is 3. The Balaban J connectivity index is 1.40. The number of hydrogen-bond acceptors (Lipinski definition) is 6. The molecule has 0 aliphatic rings. The summed E-state index contributed by atoms with van der Waals surface area (Å²) in [5.41, 5.74) is 0.787. The Bertz CT molecular complexity index is 852. The van der Waals surface area contributed by atoms with Gasteiger partial charge in [0.2, 0.25) is 5.89 Å². The number of anilines is 1. The van der Waals surface area contributed by atoms with Crippen molar-refractivity contribution in [3.8, 4) is 0 Å². The van der Waals surface area contributed by atoms with E-state index in [-0.39, 0.29) is 0 Å². The van der Waals surface area contributed by atoms with E-state index < -0.39 is 11.9 Å². The minimum Gasteiger partial charge on any atom is -0.481 e. The Kier molecular flexibility index (Phi) is 7.12. The number of benzene rings is 1. The standard InChI is InChI=1S/C21H24N4O3/c26-21(27)17(16-8-2-1-3-9-16)12-13-20-24-19(25-28-20)11-5-7-15-23-18-10-4-6-14-22-18/h1-4,6,8-10,14,17H,5,7,11-13,15H2,(H,22,23)(H,26,27). The van der Waals surface area contributed by atoms with Crippen LogP contribution in [0.15, 0.2) is 59.3 Å². The van der Waals surface area contributed by atoms with Gasteiger partial charge in [0, 0.05) is 25.6 Å². The number of unbranched alkanes of at least 4 members (excludes halogenated alkanes) is 1. The molecule has 0 amide bonds. The number of aliphatic carboxylic acids is 1. The maximum Gasteiger partial charge on any atom is 0.310 e. The first-order valence-electron chi connectivity index (χ1n) is 9.46. The number of rotatable bonds is 11. The van der Waals surface area contributed by atoms with Crippen LogP contribution in [0.3, 0.4) is 0 Å². The molecule has 1 aromatic carbocycles. The van der Waals surface area contributed by atoms with Crippen molar-refractivity contribution in [1.82, 2.24) is 15.1 Å². The first kappa shape index (κ1) is 19.5. The van der Waals surface area contributed by atoms with Crippen molar-refractivity contribution in [1.29, 1.82) is 0 Å². The summed E-state index contributed by atoms with van der Waals surface area (Å²) in [6.45, 7) is 0.832. The summed E-state index contributed by atoms with van der Waals surface area (Å²) >= 11 is 0. The zero-order valence-electron chi connectivity index (χ0n) is 15.6. The fourth-order valence-corrected chi connectivity index (χ4v) is 2.97. The molecule has 2 heterocycles. The molecule has 28 heavy (non-hydrogen) atoms. The average Bonchev–Trinajstić information content (AvgIpc) is 3.17. The lowest BCUT2D eigenvalue weighted by atomic mass is 9.94. The van der Waals surface area contributed by atoms with Gasteiger partial charge in [0.05, 0.1) is 5.92 Å². The minimum absolute atomic E-state index is 0.426. The van der Waals surface area contributed by atoms with Crippen LogP contribution in [0.2, 0.25) is 0 Å². The maximum atomic E-state index is 11.6. The monoisotopic (exact) mass is 380 g/mol. The number of nitrogens with one attached hydrogen (secondary N) is 1. The fraction of sp³-hybridized carbons (Fsp3) is 0.333. The average molecular weight is 380 g/mol. The number of hydrogen-bond donors (Lipinski definition) is 2. The molecule has 3 rings (SSSR count). The van der Waals surface area contributed by atoms with E-state index in [0.29, 0.717) is 24.6 Å². The zero-order valence-corrected chi connectivity index (χ0v) is 15.6. The lowest BCUT2D eigenvalue weighted by molar-refractivity contribution is -0.139. The van der Waals surface area contributed by atoms with Gasteiger partial charge < -0.3 is 14.9 Å². The number of carbonyl (C=O) groups is 1. The van der Waals surface area contributed by atoms with Gasteiger partial charge in [-0.3, -0.25) is 4.79 Å². The summed E-state index contributed by atoms with van der Waals surface area (Å²) < 4.78 is 5.28. The normalized spacial score (nSPS) is 11.9. The predicted octanol–water partition coefficient (Wildman–Crippen LogP) is 3.70. The van der Waals surface area contributed by atoms with Crippen LogP contribution in [0.25, 0.3) is 0 Å². The maximum absolute atomic E-state index is 11.6. The van der Waals surface area contributed by atoms with Gasteiger partial charge in [0.25, 0.3) is 0 Å². The Morgan fingerprint density at radius 1 is 1.07 bits per heavy atom. The number of carboxylic acid groups (broad SMARTS) is 1. The van der Waals surface area contributed by atoms with Crippen molar-refractivity contribution in [3.63, 3.8) is 0 Å². The third-order valence-corrected chi connectivity index (χ3v) is 4.46. The molecule has 1 atom stereocenters. The van der Waals surface area contributed by atoms with Gasteiger partial charge in [0.15, 0.2) is 5.82 Å².